The van der Waals surface area contributed by atoms with Crippen molar-refractivity contribution < 1.29 is 9.53 Å². The van der Waals surface area contributed by atoms with E-state index in [0.29, 0.717) is 48.3 Å². The zero-order valence-corrected chi connectivity index (χ0v) is 17.0. The van der Waals surface area contributed by atoms with E-state index in [4.69, 9.17) is 10.5 Å². The Kier molecular flexibility index (Phi) is 7.16. The van der Waals surface area contributed by atoms with Crippen LogP contribution in [0.2, 0.25) is 0 Å². The van der Waals surface area contributed by atoms with Gasteiger partial charge in [0.25, 0.3) is 5.91 Å². The van der Waals surface area contributed by atoms with Gasteiger partial charge in [0.1, 0.15) is 5.75 Å². The Hall–Kier alpha value is -2.63. The average Bonchev–Trinajstić information content (AvgIpc) is 2.62. The summed E-state index contributed by atoms with van der Waals surface area (Å²) in [7, 11) is 0. The van der Waals surface area contributed by atoms with Crippen LogP contribution >= 0.6 is 0 Å². The number of benzene rings is 1. The summed E-state index contributed by atoms with van der Waals surface area (Å²) in [5, 5.41) is 0. The van der Waals surface area contributed by atoms with Crippen LogP contribution in [0.1, 0.15) is 50.2 Å². The molecule has 0 saturated carbocycles. The van der Waals surface area contributed by atoms with Crippen LogP contribution in [-0.4, -0.2) is 40.5 Å². The quantitative estimate of drug-likeness (QED) is 0.761. The molecule has 0 aliphatic rings. The van der Waals surface area contributed by atoms with E-state index in [0.717, 1.165) is 12.0 Å². The summed E-state index contributed by atoms with van der Waals surface area (Å²) in [6, 6.07) is 7.63. The molecule has 0 fully saturated rings. The molecule has 1 aromatic carbocycles. The number of rotatable bonds is 8. The molecular formula is C21H30N4O2. The lowest BCUT2D eigenvalue weighted by molar-refractivity contribution is 0.0772. The molecule has 2 aromatic rings. The number of aryl methyl sites for hydroxylation is 1. The van der Waals surface area contributed by atoms with Crippen molar-refractivity contribution in [1.29, 1.82) is 0 Å². The number of hydrogen-bond donors (Lipinski definition) is 1. The molecule has 146 valence electrons. The van der Waals surface area contributed by atoms with Crippen molar-refractivity contribution in [3.63, 3.8) is 0 Å². The van der Waals surface area contributed by atoms with Crippen molar-refractivity contribution in [2.45, 2.75) is 41.0 Å². The van der Waals surface area contributed by atoms with Gasteiger partial charge in [-0.2, -0.15) is 0 Å². The van der Waals surface area contributed by atoms with Crippen molar-refractivity contribution in [1.82, 2.24) is 14.9 Å². The number of carbonyl (C=O) groups is 1. The van der Waals surface area contributed by atoms with Crippen LogP contribution in [-0.2, 0) is 0 Å². The number of amides is 1. The third kappa shape index (κ3) is 4.96. The van der Waals surface area contributed by atoms with Crippen molar-refractivity contribution in [3.05, 3.63) is 35.5 Å². The minimum Gasteiger partial charge on any atom is -0.493 e. The van der Waals surface area contributed by atoms with Gasteiger partial charge in [0.2, 0.25) is 5.95 Å². The molecule has 0 radical (unpaired) electrons. The van der Waals surface area contributed by atoms with Crippen molar-refractivity contribution in [2.75, 3.05) is 25.4 Å². The molecule has 6 nitrogen and oxygen atoms in total. The number of nitrogen functional groups attached to an aromatic ring is 1. The molecule has 1 amide bonds. The van der Waals surface area contributed by atoms with Crippen LogP contribution in [0.3, 0.4) is 0 Å². The maximum atomic E-state index is 13.1. The van der Waals surface area contributed by atoms with E-state index in [2.05, 4.69) is 23.8 Å². The minimum atomic E-state index is -0.0931. The Balaban J connectivity index is 2.54. The predicted octanol–water partition coefficient (Wildman–Crippen LogP) is 3.94. The van der Waals surface area contributed by atoms with E-state index in [9.17, 15) is 4.79 Å². The maximum absolute atomic E-state index is 13.1. The van der Waals surface area contributed by atoms with Gasteiger partial charge < -0.3 is 15.4 Å². The highest BCUT2D eigenvalue weighted by atomic mass is 16.5. The molecule has 6 heteroatoms. The van der Waals surface area contributed by atoms with E-state index in [1.807, 2.05) is 38.1 Å². The van der Waals surface area contributed by atoms with E-state index >= 15 is 0 Å². The van der Waals surface area contributed by atoms with Crippen molar-refractivity contribution in [3.8, 4) is 17.0 Å². The lowest BCUT2D eigenvalue weighted by atomic mass is 10.0. The Morgan fingerprint density at radius 2 is 1.85 bits per heavy atom. The molecule has 2 N–H and O–H groups in total. The first-order chi connectivity index (χ1) is 12.9. The minimum absolute atomic E-state index is 0.0931. The summed E-state index contributed by atoms with van der Waals surface area (Å²) in [6.07, 6.45) is 0.949. The third-order valence-electron chi connectivity index (χ3n) is 4.47. The van der Waals surface area contributed by atoms with Gasteiger partial charge in [-0.05, 0) is 45.2 Å². The molecule has 0 saturated heterocycles. The van der Waals surface area contributed by atoms with Crippen LogP contribution in [0.4, 0.5) is 5.95 Å². The van der Waals surface area contributed by atoms with Crippen LogP contribution in [0.5, 0.6) is 5.75 Å². The summed E-state index contributed by atoms with van der Waals surface area (Å²) >= 11 is 0. The highest BCUT2D eigenvalue weighted by molar-refractivity contribution is 6.01. The average molecular weight is 370 g/mol. The monoisotopic (exact) mass is 370 g/mol. The molecule has 0 atom stereocenters. The van der Waals surface area contributed by atoms with Crippen LogP contribution < -0.4 is 10.5 Å². The third-order valence-corrected chi connectivity index (χ3v) is 4.47. The highest BCUT2D eigenvalue weighted by Gasteiger charge is 2.24. The van der Waals surface area contributed by atoms with E-state index < -0.39 is 0 Å². The summed E-state index contributed by atoms with van der Waals surface area (Å²) in [5.41, 5.74) is 8.25. The normalized spacial score (nSPS) is 10.9. The zero-order chi connectivity index (χ0) is 20.0. The van der Waals surface area contributed by atoms with Gasteiger partial charge in [-0.3, -0.25) is 4.79 Å². The van der Waals surface area contributed by atoms with E-state index in [1.165, 1.54) is 0 Å². The number of carbonyl (C=O) groups excluding carboxylic acids is 1. The molecule has 0 bridgehead atoms. The van der Waals surface area contributed by atoms with Gasteiger partial charge in [-0.25, -0.2) is 9.97 Å². The number of anilines is 1. The fraction of sp³-hybridized carbons (Fsp3) is 0.476. The Labute approximate surface area is 161 Å². The van der Waals surface area contributed by atoms with Gasteiger partial charge in [-0.15, -0.1) is 0 Å². The van der Waals surface area contributed by atoms with Gasteiger partial charge >= 0.3 is 0 Å². The van der Waals surface area contributed by atoms with Gasteiger partial charge in [0.05, 0.1) is 23.6 Å². The molecule has 27 heavy (non-hydrogen) atoms. The number of nitrogens with two attached hydrogens (primary N) is 1. The molecule has 0 aliphatic heterocycles. The summed E-state index contributed by atoms with van der Waals surface area (Å²) < 4.78 is 6.00. The molecule has 0 spiro atoms. The van der Waals surface area contributed by atoms with Gasteiger partial charge in [-0.1, -0.05) is 26.0 Å². The number of para-hydroxylation sites is 1. The Bertz CT molecular complexity index is 786. The van der Waals surface area contributed by atoms with E-state index in [1.54, 1.807) is 11.8 Å². The SMILES string of the molecule is CCN(CC)C(=O)c1c(C)nc(N)nc1-c1ccccc1OCCC(C)C. The summed E-state index contributed by atoms with van der Waals surface area (Å²) in [5.74, 6) is 1.30. The molecule has 0 unspecified atom stereocenters. The maximum Gasteiger partial charge on any atom is 0.257 e. The summed E-state index contributed by atoms with van der Waals surface area (Å²) in [4.78, 5) is 23.5. The molecular weight excluding hydrogens is 340 g/mol. The summed E-state index contributed by atoms with van der Waals surface area (Å²) in [6.45, 7) is 11.9. The number of nitrogens with zero attached hydrogens (tertiary/aromatic N) is 3. The predicted molar refractivity (Wildman–Crippen MR) is 109 cm³/mol. The fourth-order valence-electron chi connectivity index (χ4n) is 2.91. The topological polar surface area (TPSA) is 81.3 Å². The number of hydrogen-bond acceptors (Lipinski definition) is 5. The smallest absolute Gasteiger partial charge is 0.257 e. The van der Waals surface area contributed by atoms with Crippen LogP contribution in [0.25, 0.3) is 11.3 Å². The highest BCUT2D eigenvalue weighted by Crippen LogP contribution is 2.33. The Morgan fingerprint density at radius 1 is 1.19 bits per heavy atom. The van der Waals surface area contributed by atoms with Crippen LogP contribution in [0, 0.1) is 12.8 Å². The van der Waals surface area contributed by atoms with Gasteiger partial charge in [0.15, 0.2) is 0 Å². The van der Waals surface area contributed by atoms with Crippen molar-refractivity contribution in [2.24, 2.45) is 5.92 Å². The standard InChI is InChI=1S/C21H30N4O2/c1-6-25(7-2)20(26)18-15(5)23-21(22)24-19(18)16-10-8-9-11-17(16)27-13-12-14(3)4/h8-11,14H,6-7,12-13H2,1-5H3,(H2,22,23,24). The van der Waals surface area contributed by atoms with E-state index in [-0.39, 0.29) is 11.9 Å². The second kappa shape index (κ2) is 9.35. The molecule has 1 aromatic heterocycles. The molecule has 2 rings (SSSR count). The lowest BCUT2D eigenvalue weighted by Gasteiger charge is -2.22. The first kappa shape index (κ1) is 20.7. The number of ether oxygens (including phenoxy) is 1. The largest absolute Gasteiger partial charge is 0.493 e. The Morgan fingerprint density at radius 3 is 2.48 bits per heavy atom. The molecule has 0 aliphatic carbocycles. The van der Waals surface area contributed by atoms with Gasteiger partial charge in [0, 0.05) is 18.7 Å². The second-order valence-corrected chi connectivity index (χ2v) is 6.90. The first-order valence-corrected chi connectivity index (χ1v) is 9.54. The zero-order valence-electron chi connectivity index (χ0n) is 17.0. The van der Waals surface area contributed by atoms with Crippen molar-refractivity contribution >= 4 is 11.9 Å². The molecule has 1 heterocycles. The van der Waals surface area contributed by atoms with Crippen LogP contribution in [0.15, 0.2) is 24.3 Å². The lowest BCUT2D eigenvalue weighted by Crippen LogP contribution is -2.32. The first-order valence-electron chi connectivity index (χ1n) is 9.54. The number of aromatic nitrogens is 2. The fourth-order valence-corrected chi connectivity index (χ4v) is 2.91. The second-order valence-electron chi connectivity index (χ2n) is 6.90.